The number of rotatable bonds is 4. The summed E-state index contributed by atoms with van der Waals surface area (Å²) in [4.78, 5) is 38.2. The van der Waals surface area contributed by atoms with E-state index in [9.17, 15) is 9.59 Å². The highest BCUT2D eigenvalue weighted by atomic mass is 16.7. The summed E-state index contributed by atoms with van der Waals surface area (Å²) < 4.78 is 0. The third kappa shape index (κ3) is 2.88. The Kier molecular flexibility index (Phi) is 4.56. The van der Waals surface area contributed by atoms with E-state index in [1.165, 1.54) is 4.90 Å². The Labute approximate surface area is 174 Å². The fraction of sp³-hybridized carbons (Fsp3) is 0.208. The van der Waals surface area contributed by atoms with Gasteiger partial charge in [0.1, 0.15) is 5.92 Å². The Balaban J connectivity index is 1.55. The van der Waals surface area contributed by atoms with E-state index in [1.807, 2.05) is 66.7 Å². The summed E-state index contributed by atoms with van der Waals surface area (Å²) in [5.41, 5.74) is 3.41. The quantitative estimate of drug-likeness (QED) is 0.626. The summed E-state index contributed by atoms with van der Waals surface area (Å²) in [7, 11) is 0. The van der Waals surface area contributed by atoms with Crippen molar-refractivity contribution in [2.24, 2.45) is 5.92 Å². The van der Waals surface area contributed by atoms with Gasteiger partial charge in [-0.2, -0.15) is 0 Å². The average molecular weight is 399 g/mol. The normalized spacial score (nSPS) is 23.2. The van der Waals surface area contributed by atoms with Crippen molar-refractivity contribution in [3.63, 3.8) is 0 Å². The highest BCUT2D eigenvalue weighted by Crippen LogP contribution is 2.47. The van der Waals surface area contributed by atoms with E-state index in [0.29, 0.717) is 5.69 Å². The number of amides is 2. The van der Waals surface area contributed by atoms with Gasteiger partial charge >= 0.3 is 0 Å². The fourth-order valence-corrected chi connectivity index (χ4v) is 4.25. The first-order chi connectivity index (χ1) is 14.7. The van der Waals surface area contributed by atoms with Crippen molar-refractivity contribution in [3.05, 3.63) is 90.3 Å². The first-order valence-corrected chi connectivity index (χ1v) is 10.1. The molecular weight excluding hydrogens is 378 g/mol. The molecule has 0 spiro atoms. The van der Waals surface area contributed by atoms with E-state index in [-0.39, 0.29) is 11.8 Å². The Hall–Kier alpha value is -3.51. The second kappa shape index (κ2) is 7.39. The van der Waals surface area contributed by atoms with Gasteiger partial charge in [-0.15, -0.1) is 0 Å². The maximum atomic E-state index is 13.5. The van der Waals surface area contributed by atoms with Gasteiger partial charge in [-0.1, -0.05) is 37.3 Å². The molecule has 2 saturated heterocycles. The smallest absolute Gasteiger partial charge is 0.266 e. The molecule has 6 heteroatoms. The minimum atomic E-state index is -0.860. The zero-order chi connectivity index (χ0) is 20.7. The van der Waals surface area contributed by atoms with Crippen LogP contribution in [0.15, 0.2) is 79.1 Å². The van der Waals surface area contributed by atoms with E-state index >= 15 is 0 Å². The molecule has 0 N–H and O–H groups in total. The molecule has 2 fully saturated rings. The lowest BCUT2D eigenvalue weighted by molar-refractivity contribution is -0.126. The molecule has 3 aromatic rings. The summed E-state index contributed by atoms with van der Waals surface area (Å²) in [6, 6.07) is 20.4. The third-order valence-electron chi connectivity index (χ3n) is 5.78. The van der Waals surface area contributed by atoms with Crippen LogP contribution in [0.5, 0.6) is 0 Å². The number of hydroxylamine groups is 1. The highest BCUT2D eigenvalue weighted by Gasteiger charge is 2.60. The molecule has 3 atom stereocenters. The van der Waals surface area contributed by atoms with Crippen molar-refractivity contribution in [1.82, 2.24) is 4.98 Å². The molecule has 3 heterocycles. The first kappa shape index (κ1) is 18.5. The number of anilines is 2. The molecule has 2 aliphatic heterocycles. The zero-order valence-corrected chi connectivity index (χ0v) is 16.5. The van der Waals surface area contributed by atoms with Crippen molar-refractivity contribution in [2.75, 3.05) is 9.96 Å². The van der Waals surface area contributed by atoms with Crippen molar-refractivity contribution >= 4 is 23.2 Å². The number of aromatic nitrogens is 1. The number of imide groups is 1. The molecule has 6 nitrogen and oxygen atoms in total. The van der Waals surface area contributed by atoms with Gasteiger partial charge in [-0.3, -0.25) is 19.4 Å². The predicted octanol–water partition coefficient (Wildman–Crippen LogP) is 3.70. The van der Waals surface area contributed by atoms with Crippen molar-refractivity contribution in [1.29, 1.82) is 0 Å². The Morgan fingerprint density at radius 1 is 0.867 bits per heavy atom. The molecule has 2 aromatic carbocycles. The number of aryl methyl sites for hydroxylation is 1. The minimum absolute atomic E-state index is 0.241. The lowest BCUT2D eigenvalue weighted by atomic mass is 9.91. The Morgan fingerprint density at radius 3 is 2.23 bits per heavy atom. The number of carbonyl (C=O) groups excluding carboxylic acids is 2. The van der Waals surface area contributed by atoms with Crippen LogP contribution < -0.4 is 9.96 Å². The fourth-order valence-electron chi connectivity index (χ4n) is 4.25. The number of pyridine rings is 1. The predicted molar refractivity (Wildman–Crippen MR) is 113 cm³/mol. The molecule has 2 aliphatic rings. The van der Waals surface area contributed by atoms with Crippen molar-refractivity contribution in [3.8, 4) is 0 Å². The first-order valence-electron chi connectivity index (χ1n) is 10.1. The molecule has 1 aromatic heterocycles. The van der Waals surface area contributed by atoms with Gasteiger partial charge in [-0.25, -0.2) is 9.96 Å². The molecule has 5 rings (SSSR count). The number of nitrogens with zero attached hydrogens (tertiary/aromatic N) is 3. The molecule has 2 amide bonds. The maximum Gasteiger partial charge on any atom is 0.266 e. The number of carbonyl (C=O) groups is 2. The molecule has 0 aliphatic carbocycles. The lowest BCUT2D eigenvalue weighted by Gasteiger charge is -2.28. The van der Waals surface area contributed by atoms with Crippen LogP contribution in [-0.2, 0) is 20.8 Å². The topological polar surface area (TPSA) is 62.7 Å². The second-order valence-corrected chi connectivity index (χ2v) is 7.47. The lowest BCUT2D eigenvalue weighted by Crippen LogP contribution is -2.37. The molecule has 0 bridgehead atoms. The molecule has 30 heavy (non-hydrogen) atoms. The molecular formula is C24H21N3O3. The molecule has 150 valence electrons. The number of benzene rings is 2. The van der Waals surface area contributed by atoms with E-state index in [0.717, 1.165) is 23.2 Å². The van der Waals surface area contributed by atoms with Crippen LogP contribution >= 0.6 is 0 Å². The third-order valence-corrected chi connectivity index (χ3v) is 5.78. The van der Waals surface area contributed by atoms with E-state index in [4.69, 9.17) is 4.84 Å². The van der Waals surface area contributed by atoms with Gasteiger partial charge in [0.2, 0.25) is 5.91 Å². The Morgan fingerprint density at radius 2 is 1.57 bits per heavy atom. The van der Waals surface area contributed by atoms with Crippen LogP contribution in [0.2, 0.25) is 0 Å². The molecule has 0 saturated carbocycles. The van der Waals surface area contributed by atoms with Crippen LogP contribution in [0, 0.1) is 5.92 Å². The van der Waals surface area contributed by atoms with Crippen LogP contribution in [-0.4, -0.2) is 22.9 Å². The summed E-state index contributed by atoms with van der Waals surface area (Å²) >= 11 is 0. The maximum absolute atomic E-state index is 13.5. The van der Waals surface area contributed by atoms with Crippen LogP contribution in [0.3, 0.4) is 0 Å². The average Bonchev–Trinajstić information content (AvgIpc) is 3.31. The van der Waals surface area contributed by atoms with Gasteiger partial charge in [0, 0.05) is 12.4 Å². The van der Waals surface area contributed by atoms with Crippen molar-refractivity contribution < 1.29 is 14.4 Å². The summed E-state index contributed by atoms with van der Waals surface area (Å²) in [6.07, 6.45) is 3.41. The van der Waals surface area contributed by atoms with Crippen LogP contribution in [0.4, 0.5) is 11.4 Å². The number of hydrogen-bond donors (Lipinski definition) is 0. The summed E-state index contributed by atoms with van der Waals surface area (Å²) in [6.45, 7) is 2.07. The van der Waals surface area contributed by atoms with E-state index in [2.05, 4.69) is 11.9 Å². The Bertz CT molecular complexity index is 1070. The minimum Gasteiger partial charge on any atom is -0.273 e. The highest BCUT2D eigenvalue weighted by molar-refractivity contribution is 6.23. The SMILES string of the molecule is CCc1ccc(N2C(=O)C3ON(c4ccccc4)C(c4ccncc4)C3C2=O)cc1. The number of fused-ring (bicyclic) bond motifs is 1. The van der Waals surface area contributed by atoms with Crippen LogP contribution in [0.1, 0.15) is 24.1 Å². The van der Waals surface area contributed by atoms with Gasteiger partial charge in [0.15, 0.2) is 6.10 Å². The van der Waals surface area contributed by atoms with E-state index < -0.39 is 18.1 Å². The monoisotopic (exact) mass is 399 g/mol. The van der Waals surface area contributed by atoms with Gasteiger partial charge < -0.3 is 0 Å². The second-order valence-electron chi connectivity index (χ2n) is 7.47. The van der Waals surface area contributed by atoms with Gasteiger partial charge in [-0.05, 0) is 53.9 Å². The van der Waals surface area contributed by atoms with Crippen LogP contribution in [0.25, 0.3) is 0 Å². The molecule has 3 unspecified atom stereocenters. The largest absolute Gasteiger partial charge is 0.273 e. The zero-order valence-electron chi connectivity index (χ0n) is 16.5. The van der Waals surface area contributed by atoms with Crippen molar-refractivity contribution in [2.45, 2.75) is 25.5 Å². The standard InChI is InChI=1S/C24H21N3O3/c1-2-16-8-10-18(11-9-16)26-23(28)20-21(17-12-14-25-15-13-17)27(30-22(20)24(26)29)19-6-4-3-5-7-19/h3-15,20-22H,2H2,1H3. The summed E-state index contributed by atoms with van der Waals surface area (Å²) in [5.74, 6) is -1.20. The number of hydrogen-bond acceptors (Lipinski definition) is 5. The van der Waals surface area contributed by atoms with E-state index in [1.54, 1.807) is 17.5 Å². The van der Waals surface area contributed by atoms with Gasteiger partial charge in [0.25, 0.3) is 5.91 Å². The van der Waals surface area contributed by atoms with Gasteiger partial charge in [0.05, 0.1) is 17.4 Å². The molecule has 0 radical (unpaired) electrons. The number of para-hydroxylation sites is 1. The summed E-state index contributed by atoms with van der Waals surface area (Å²) in [5, 5.41) is 1.69.